The van der Waals surface area contributed by atoms with E-state index in [1.807, 2.05) is 42.5 Å². The Morgan fingerprint density at radius 3 is 2.45 bits per heavy atom. The fourth-order valence-electron chi connectivity index (χ4n) is 2.59. The summed E-state index contributed by atoms with van der Waals surface area (Å²) in [5.41, 5.74) is 5.05. The first kappa shape index (κ1) is 14.8. The molecule has 1 aliphatic carbocycles. The molecule has 0 aliphatic heterocycles. The topological polar surface area (TPSA) is 26.3 Å². The third kappa shape index (κ3) is 2.53. The van der Waals surface area contributed by atoms with Crippen molar-refractivity contribution in [3.63, 3.8) is 0 Å². The first-order chi connectivity index (χ1) is 10.6. The molecule has 1 aliphatic rings. The van der Waals surface area contributed by atoms with E-state index < -0.39 is 0 Å². The Kier molecular flexibility index (Phi) is 3.99. The van der Waals surface area contributed by atoms with Crippen molar-refractivity contribution in [1.82, 2.24) is 0 Å². The second-order valence-corrected chi connectivity index (χ2v) is 5.75. The Bertz CT molecular complexity index is 790. The fourth-order valence-corrected chi connectivity index (χ4v) is 2.75. The highest BCUT2D eigenvalue weighted by atomic mass is 79.9. The van der Waals surface area contributed by atoms with E-state index in [1.54, 1.807) is 0 Å². The Morgan fingerprint density at radius 1 is 1.05 bits per heavy atom. The number of rotatable bonds is 4. The van der Waals surface area contributed by atoms with Crippen molar-refractivity contribution >= 4 is 27.3 Å². The highest BCUT2D eigenvalue weighted by Gasteiger charge is 2.25. The number of ketones is 1. The van der Waals surface area contributed by atoms with Crippen LogP contribution < -0.4 is 0 Å². The molecule has 3 rings (SSSR count). The molecule has 2 aromatic rings. The lowest BCUT2D eigenvalue weighted by molar-refractivity contribution is 0.103. The van der Waals surface area contributed by atoms with Crippen LogP contribution in [-0.4, -0.2) is 11.1 Å². The molecule has 0 atom stereocenters. The molecule has 3 heteroatoms. The molecule has 0 radical (unpaired) electrons. The van der Waals surface area contributed by atoms with Crippen molar-refractivity contribution in [2.45, 2.75) is 6.61 Å². The van der Waals surface area contributed by atoms with Gasteiger partial charge >= 0.3 is 0 Å². The molecule has 0 amide bonds. The summed E-state index contributed by atoms with van der Waals surface area (Å²) in [7, 11) is 0. The Morgan fingerprint density at radius 2 is 1.73 bits per heavy atom. The highest BCUT2D eigenvalue weighted by Crippen LogP contribution is 2.35. The minimum absolute atomic E-state index is 0.0409. The summed E-state index contributed by atoms with van der Waals surface area (Å²) in [5.74, 6) is 0.706. The van der Waals surface area contributed by atoms with E-state index in [1.165, 1.54) is 0 Å². The molecule has 22 heavy (non-hydrogen) atoms. The number of alkyl halides is 1. The van der Waals surface area contributed by atoms with Crippen LogP contribution in [0.5, 0.6) is 0 Å². The maximum Gasteiger partial charge on any atom is 0.194 e. The summed E-state index contributed by atoms with van der Waals surface area (Å²) < 4.78 is 5.52. The second-order valence-electron chi connectivity index (χ2n) is 5.19. The van der Waals surface area contributed by atoms with Crippen LogP contribution >= 0.6 is 15.9 Å². The number of allylic oxidation sites excluding steroid dienone is 1. The molecule has 110 valence electrons. The van der Waals surface area contributed by atoms with E-state index >= 15 is 0 Å². The molecule has 2 nitrogen and oxygen atoms in total. The number of carbonyl (C=O) groups excluding carboxylic acids is 1. The van der Waals surface area contributed by atoms with Gasteiger partial charge in [0.25, 0.3) is 0 Å². The summed E-state index contributed by atoms with van der Waals surface area (Å²) in [6.07, 6.45) is 0. The zero-order valence-electron chi connectivity index (χ0n) is 12.1. The van der Waals surface area contributed by atoms with Gasteiger partial charge in [0, 0.05) is 11.1 Å². The van der Waals surface area contributed by atoms with Gasteiger partial charge in [-0.05, 0) is 28.3 Å². The number of halogens is 1. The summed E-state index contributed by atoms with van der Waals surface area (Å²) >= 11 is 3.29. The van der Waals surface area contributed by atoms with Crippen LogP contribution in [0.3, 0.4) is 0 Å². The maximum absolute atomic E-state index is 12.7. The third-order valence-electron chi connectivity index (χ3n) is 3.74. The van der Waals surface area contributed by atoms with E-state index in [-0.39, 0.29) is 5.78 Å². The van der Waals surface area contributed by atoms with E-state index in [4.69, 9.17) is 4.74 Å². The lowest BCUT2D eigenvalue weighted by Gasteiger charge is -2.21. The molecule has 2 aromatic carbocycles. The Labute approximate surface area is 138 Å². The number of benzene rings is 2. The minimum Gasteiger partial charge on any atom is -0.493 e. The highest BCUT2D eigenvalue weighted by molar-refractivity contribution is 9.09. The average Bonchev–Trinajstić information content (AvgIpc) is 2.57. The van der Waals surface area contributed by atoms with Crippen LogP contribution in [0.15, 0.2) is 61.4 Å². The number of hydrogen-bond donors (Lipinski definition) is 0. The lowest BCUT2D eigenvalue weighted by Crippen LogP contribution is -2.14. The zero-order valence-corrected chi connectivity index (χ0v) is 13.7. The van der Waals surface area contributed by atoms with E-state index in [2.05, 4.69) is 29.1 Å². The molecule has 0 saturated heterocycles. The summed E-state index contributed by atoms with van der Waals surface area (Å²) in [6.45, 7) is 8.33. The average molecular weight is 355 g/mol. The minimum atomic E-state index is 0.0409. The van der Waals surface area contributed by atoms with Gasteiger partial charge in [-0.2, -0.15) is 0 Å². The molecular weight excluding hydrogens is 340 g/mol. The van der Waals surface area contributed by atoms with Crippen LogP contribution in [-0.2, 0) is 11.3 Å². The first-order valence-corrected chi connectivity index (χ1v) is 8.07. The SMILES string of the molecule is C=C(CBr)OCc1ccc2c(c1)C(=O)c1ccccc1C2=C. The van der Waals surface area contributed by atoms with Gasteiger partial charge in [0.15, 0.2) is 5.78 Å². The quantitative estimate of drug-likeness (QED) is 0.500. The van der Waals surface area contributed by atoms with Crippen molar-refractivity contribution in [2.24, 2.45) is 0 Å². The van der Waals surface area contributed by atoms with Crippen LogP contribution in [0.1, 0.15) is 32.6 Å². The molecule has 0 spiro atoms. The van der Waals surface area contributed by atoms with Crippen molar-refractivity contribution < 1.29 is 9.53 Å². The molecule has 0 saturated carbocycles. The van der Waals surface area contributed by atoms with Crippen LogP contribution in [0.4, 0.5) is 0 Å². The van der Waals surface area contributed by atoms with Crippen molar-refractivity contribution in [3.05, 3.63) is 89.2 Å². The molecule has 0 N–H and O–H groups in total. The van der Waals surface area contributed by atoms with Crippen molar-refractivity contribution in [1.29, 1.82) is 0 Å². The molecule has 0 fully saturated rings. The monoisotopic (exact) mass is 354 g/mol. The molecule has 0 aromatic heterocycles. The first-order valence-electron chi connectivity index (χ1n) is 6.94. The van der Waals surface area contributed by atoms with Gasteiger partial charge in [-0.1, -0.05) is 65.5 Å². The number of hydrogen-bond acceptors (Lipinski definition) is 2. The van der Waals surface area contributed by atoms with Crippen molar-refractivity contribution in [3.8, 4) is 0 Å². The smallest absolute Gasteiger partial charge is 0.194 e. The molecule has 0 heterocycles. The predicted octanol–water partition coefficient (Wildman–Crippen LogP) is 4.72. The summed E-state index contributed by atoms with van der Waals surface area (Å²) in [4.78, 5) is 12.7. The normalized spacial score (nSPS) is 12.6. The standard InChI is InChI=1S/C19H15BrO2/c1-12(10-20)22-11-14-7-8-16-13(2)15-5-3-4-6-17(15)19(21)18(16)9-14/h3-9H,1-2,10-11H2. The molecule has 0 unspecified atom stereocenters. The van der Waals surface area contributed by atoms with E-state index in [0.717, 1.165) is 22.3 Å². The van der Waals surface area contributed by atoms with Gasteiger partial charge in [0.1, 0.15) is 6.61 Å². The van der Waals surface area contributed by atoms with Gasteiger partial charge in [-0.3, -0.25) is 4.79 Å². The van der Waals surface area contributed by atoms with E-state index in [0.29, 0.717) is 28.8 Å². The Hall–Kier alpha value is -2.13. The van der Waals surface area contributed by atoms with Crippen LogP contribution in [0, 0.1) is 0 Å². The third-order valence-corrected chi connectivity index (χ3v) is 4.37. The maximum atomic E-state index is 12.7. The molecular formula is C19H15BrO2. The van der Waals surface area contributed by atoms with Crippen LogP contribution in [0.25, 0.3) is 5.57 Å². The summed E-state index contributed by atoms with van der Waals surface area (Å²) in [5, 5.41) is 0.598. The largest absolute Gasteiger partial charge is 0.493 e. The van der Waals surface area contributed by atoms with Gasteiger partial charge in [0.2, 0.25) is 0 Å². The van der Waals surface area contributed by atoms with Gasteiger partial charge in [-0.25, -0.2) is 0 Å². The number of ether oxygens (including phenoxy) is 1. The summed E-state index contributed by atoms with van der Waals surface area (Å²) in [6, 6.07) is 13.4. The number of fused-ring (bicyclic) bond motifs is 2. The zero-order chi connectivity index (χ0) is 15.7. The second kappa shape index (κ2) is 5.93. The number of carbonyl (C=O) groups is 1. The molecule has 0 bridgehead atoms. The van der Waals surface area contributed by atoms with Gasteiger partial charge in [0.05, 0.1) is 11.1 Å². The Balaban J connectivity index is 1.97. The lowest BCUT2D eigenvalue weighted by atomic mass is 9.81. The van der Waals surface area contributed by atoms with Crippen molar-refractivity contribution in [2.75, 3.05) is 5.33 Å². The predicted molar refractivity (Wildman–Crippen MR) is 92.2 cm³/mol. The van der Waals surface area contributed by atoms with Crippen LogP contribution in [0.2, 0.25) is 0 Å². The fraction of sp³-hybridized carbons (Fsp3) is 0.105. The van der Waals surface area contributed by atoms with Gasteiger partial charge in [-0.15, -0.1) is 0 Å². The van der Waals surface area contributed by atoms with Gasteiger partial charge < -0.3 is 4.74 Å². The van der Waals surface area contributed by atoms with E-state index in [9.17, 15) is 4.79 Å².